The minimum Gasteiger partial charge on any atom is -0.353 e. The molecule has 5 aromatic rings. The molecule has 0 amide bonds. The summed E-state index contributed by atoms with van der Waals surface area (Å²) in [6, 6.07) is 17.0. The van der Waals surface area contributed by atoms with Crippen LogP contribution in [0, 0.1) is 0 Å². The van der Waals surface area contributed by atoms with Crippen molar-refractivity contribution in [2.75, 3.05) is 0 Å². The van der Waals surface area contributed by atoms with Crippen molar-refractivity contribution in [1.29, 1.82) is 0 Å². The molecule has 2 nitrogen and oxygen atoms in total. The lowest BCUT2D eigenvalue weighted by molar-refractivity contribution is 1.42. The number of aromatic nitrogens is 2. The second-order valence-corrected chi connectivity index (χ2v) is 6.04. The van der Waals surface area contributed by atoms with E-state index in [1.165, 1.54) is 25.6 Å². The van der Waals surface area contributed by atoms with Crippen LogP contribution in [0.4, 0.5) is 0 Å². The summed E-state index contributed by atoms with van der Waals surface area (Å²) in [6.07, 6.45) is 1.86. The van der Waals surface area contributed by atoms with Crippen molar-refractivity contribution in [3.8, 4) is 0 Å². The van der Waals surface area contributed by atoms with E-state index in [9.17, 15) is 0 Å². The van der Waals surface area contributed by atoms with Gasteiger partial charge in [0.05, 0.1) is 11.0 Å². The summed E-state index contributed by atoms with van der Waals surface area (Å²) >= 11 is 1.85. The predicted octanol–water partition coefficient (Wildman–Crippen LogP) is 5.08. The Balaban J connectivity index is 2.14. The van der Waals surface area contributed by atoms with Crippen molar-refractivity contribution >= 4 is 53.4 Å². The fourth-order valence-electron chi connectivity index (χ4n) is 2.98. The van der Waals surface area contributed by atoms with E-state index in [-0.39, 0.29) is 0 Å². The van der Waals surface area contributed by atoms with E-state index in [0.29, 0.717) is 0 Å². The molecule has 0 bridgehead atoms. The maximum atomic E-state index is 4.57. The normalized spacial score (nSPS) is 12.0. The number of rotatable bonds is 0. The Morgan fingerprint density at radius 3 is 2.80 bits per heavy atom. The second kappa shape index (κ2) is 3.58. The third-order valence-corrected chi connectivity index (χ3v) is 5.06. The number of thiophene rings is 1. The second-order valence-electron chi connectivity index (χ2n) is 4.99. The van der Waals surface area contributed by atoms with Crippen molar-refractivity contribution in [2.24, 2.45) is 0 Å². The molecule has 5 rings (SSSR count). The fourth-order valence-corrected chi connectivity index (χ4v) is 4.23. The Bertz CT molecular complexity index is 1100. The third kappa shape index (κ3) is 1.20. The highest BCUT2D eigenvalue weighted by molar-refractivity contribution is 7.26. The van der Waals surface area contributed by atoms with Crippen LogP contribution in [-0.2, 0) is 0 Å². The molecule has 0 atom stereocenters. The molecule has 0 aliphatic carbocycles. The number of benzene rings is 2. The van der Waals surface area contributed by atoms with Gasteiger partial charge < -0.3 is 4.98 Å². The molecule has 3 heteroatoms. The Morgan fingerprint density at radius 2 is 1.80 bits per heavy atom. The van der Waals surface area contributed by atoms with Crippen LogP contribution in [0.5, 0.6) is 0 Å². The van der Waals surface area contributed by atoms with Crippen LogP contribution in [0.25, 0.3) is 42.1 Å². The van der Waals surface area contributed by atoms with Crippen molar-refractivity contribution < 1.29 is 0 Å². The number of H-pyrrole nitrogens is 1. The van der Waals surface area contributed by atoms with Crippen LogP contribution in [0.2, 0.25) is 0 Å². The van der Waals surface area contributed by atoms with Gasteiger partial charge in [-0.25, -0.2) is 0 Å². The van der Waals surface area contributed by atoms with E-state index >= 15 is 0 Å². The minimum atomic E-state index is 1.07. The van der Waals surface area contributed by atoms with Gasteiger partial charge in [-0.15, -0.1) is 11.3 Å². The number of pyridine rings is 1. The van der Waals surface area contributed by atoms with E-state index in [1.807, 2.05) is 23.6 Å². The number of hydrogen-bond donors (Lipinski definition) is 1. The summed E-state index contributed by atoms with van der Waals surface area (Å²) < 4.78 is 2.66. The summed E-state index contributed by atoms with van der Waals surface area (Å²) in [5, 5.41) is 3.91. The lowest BCUT2D eigenvalue weighted by Gasteiger charge is -1.94. The maximum absolute atomic E-state index is 4.57. The third-order valence-electron chi connectivity index (χ3n) is 3.86. The van der Waals surface area contributed by atoms with Gasteiger partial charge in [-0.1, -0.05) is 24.3 Å². The molecule has 0 aliphatic rings. The average molecular weight is 274 g/mol. The first-order valence-corrected chi connectivity index (χ1v) is 7.40. The van der Waals surface area contributed by atoms with Gasteiger partial charge in [-0.3, -0.25) is 4.98 Å². The standard InChI is InChI=1S/C17H10N2S/c1-2-6-14-10(4-1)11-7-8-12-15(17(11)20-14)16-13(19-12)5-3-9-18-16/h1-9,19H. The van der Waals surface area contributed by atoms with Crippen molar-refractivity contribution in [1.82, 2.24) is 9.97 Å². The Kier molecular flexibility index (Phi) is 1.86. The summed E-state index contributed by atoms with van der Waals surface area (Å²) in [5.41, 5.74) is 3.34. The van der Waals surface area contributed by atoms with Crippen molar-refractivity contribution in [3.63, 3.8) is 0 Å². The highest BCUT2D eigenvalue weighted by atomic mass is 32.1. The number of fused-ring (bicyclic) bond motifs is 7. The molecule has 0 spiro atoms. The summed E-state index contributed by atoms with van der Waals surface area (Å²) in [7, 11) is 0. The highest BCUT2D eigenvalue weighted by Gasteiger charge is 2.12. The van der Waals surface area contributed by atoms with Crippen LogP contribution in [0.1, 0.15) is 0 Å². The zero-order valence-corrected chi connectivity index (χ0v) is 11.4. The Hall–Kier alpha value is -2.39. The molecule has 0 saturated heterocycles. The van der Waals surface area contributed by atoms with Gasteiger partial charge in [0.15, 0.2) is 0 Å². The average Bonchev–Trinajstić information content (AvgIpc) is 3.04. The number of hydrogen-bond acceptors (Lipinski definition) is 2. The molecule has 3 aromatic heterocycles. The molecule has 0 radical (unpaired) electrons. The van der Waals surface area contributed by atoms with E-state index < -0.39 is 0 Å². The molecule has 2 aromatic carbocycles. The molecular formula is C17H10N2S. The molecule has 0 saturated carbocycles. The molecule has 94 valence electrons. The van der Waals surface area contributed by atoms with Crippen LogP contribution < -0.4 is 0 Å². The fraction of sp³-hybridized carbons (Fsp3) is 0. The largest absolute Gasteiger partial charge is 0.353 e. The van der Waals surface area contributed by atoms with Gasteiger partial charge in [-0.2, -0.15) is 0 Å². The van der Waals surface area contributed by atoms with Crippen molar-refractivity contribution in [3.05, 3.63) is 54.7 Å². The zero-order valence-electron chi connectivity index (χ0n) is 10.6. The number of aromatic amines is 1. The Labute approximate surface area is 118 Å². The van der Waals surface area contributed by atoms with Gasteiger partial charge in [0.2, 0.25) is 0 Å². The maximum Gasteiger partial charge on any atom is 0.0972 e. The first kappa shape index (κ1) is 10.4. The van der Waals surface area contributed by atoms with E-state index in [1.54, 1.807) is 0 Å². The van der Waals surface area contributed by atoms with Crippen LogP contribution in [0.3, 0.4) is 0 Å². The first-order valence-electron chi connectivity index (χ1n) is 6.58. The molecule has 0 aliphatic heterocycles. The van der Waals surface area contributed by atoms with E-state index in [4.69, 9.17) is 0 Å². The van der Waals surface area contributed by atoms with Crippen LogP contribution >= 0.6 is 11.3 Å². The lowest BCUT2D eigenvalue weighted by atomic mass is 10.1. The van der Waals surface area contributed by atoms with Crippen LogP contribution in [0.15, 0.2) is 54.7 Å². The van der Waals surface area contributed by atoms with Gasteiger partial charge in [0, 0.05) is 37.3 Å². The zero-order chi connectivity index (χ0) is 13.1. The lowest BCUT2D eigenvalue weighted by Crippen LogP contribution is -1.72. The Morgan fingerprint density at radius 1 is 0.850 bits per heavy atom. The summed E-state index contributed by atoms with van der Waals surface area (Å²) in [5.74, 6) is 0. The van der Waals surface area contributed by atoms with Gasteiger partial charge in [0.1, 0.15) is 0 Å². The monoisotopic (exact) mass is 274 g/mol. The molecule has 1 N–H and O–H groups in total. The molecule has 3 heterocycles. The van der Waals surface area contributed by atoms with Gasteiger partial charge in [-0.05, 0) is 24.3 Å². The van der Waals surface area contributed by atoms with Crippen LogP contribution in [-0.4, -0.2) is 9.97 Å². The van der Waals surface area contributed by atoms with Gasteiger partial charge >= 0.3 is 0 Å². The van der Waals surface area contributed by atoms with E-state index in [0.717, 1.165) is 16.6 Å². The SMILES string of the molecule is c1cnc2c(c1)[nH]c1ccc3c4ccccc4sc3c12. The molecule has 0 unspecified atom stereocenters. The van der Waals surface area contributed by atoms with Crippen molar-refractivity contribution in [2.45, 2.75) is 0 Å². The highest BCUT2D eigenvalue weighted by Crippen LogP contribution is 2.40. The predicted molar refractivity (Wildman–Crippen MR) is 86.5 cm³/mol. The molecule has 20 heavy (non-hydrogen) atoms. The van der Waals surface area contributed by atoms with Gasteiger partial charge in [0.25, 0.3) is 0 Å². The quantitative estimate of drug-likeness (QED) is 0.419. The number of nitrogens with zero attached hydrogens (tertiary/aromatic N) is 1. The summed E-state index contributed by atoms with van der Waals surface area (Å²) in [4.78, 5) is 8.02. The minimum absolute atomic E-state index is 1.07. The molecule has 0 fully saturated rings. The summed E-state index contributed by atoms with van der Waals surface area (Å²) in [6.45, 7) is 0. The first-order chi connectivity index (χ1) is 9.92. The molecular weight excluding hydrogens is 264 g/mol. The topological polar surface area (TPSA) is 28.7 Å². The smallest absolute Gasteiger partial charge is 0.0972 e. The number of nitrogens with one attached hydrogen (secondary N) is 1. The van der Waals surface area contributed by atoms with E-state index in [2.05, 4.69) is 52.4 Å².